The minimum absolute atomic E-state index is 0.144. The minimum atomic E-state index is -0.306. The Morgan fingerprint density at radius 3 is 2.31 bits per heavy atom. The fourth-order valence-corrected chi connectivity index (χ4v) is 1.53. The van der Waals surface area contributed by atoms with E-state index in [0.717, 1.165) is 5.56 Å². The van der Waals surface area contributed by atoms with E-state index in [4.69, 9.17) is 11.5 Å². The van der Waals surface area contributed by atoms with Crippen LogP contribution in [0.3, 0.4) is 0 Å². The van der Waals surface area contributed by atoms with Crippen LogP contribution in [0.25, 0.3) is 11.1 Å². The predicted molar refractivity (Wildman–Crippen MR) is 64.0 cm³/mol. The molecule has 4 nitrogen and oxygen atoms in total. The number of hydrogen-bond donors (Lipinski definition) is 4. The van der Waals surface area contributed by atoms with Gasteiger partial charge in [-0.05, 0) is 29.8 Å². The molecule has 0 unspecified atom stereocenters. The first kappa shape index (κ1) is 10.2. The van der Waals surface area contributed by atoms with Gasteiger partial charge in [-0.3, -0.25) is 0 Å². The fourth-order valence-electron chi connectivity index (χ4n) is 1.53. The molecular weight excluding hydrogens is 204 g/mol. The van der Waals surface area contributed by atoms with Crippen LogP contribution in [-0.2, 0) is 0 Å². The average Bonchev–Trinajstić information content (AvgIpc) is 2.26. The number of anilines is 2. The lowest BCUT2D eigenvalue weighted by molar-refractivity contribution is 0.407. The molecule has 2 aromatic carbocycles. The van der Waals surface area contributed by atoms with Crippen LogP contribution in [0.4, 0.5) is 11.4 Å². The van der Waals surface area contributed by atoms with Gasteiger partial charge in [0.25, 0.3) is 0 Å². The van der Waals surface area contributed by atoms with Gasteiger partial charge in [0.05, 0.1) is 5.69 Å². The van der Waals surface area contributed by atoms with Crippen molar-refractivity contribution in [2.75, 3.05) is 11.5 Å². The lowest BCUT2D eigenvalue weighted by atomic mass is 10.0. The molecule has 82 valence electrons. The van der Waals surface area contributed by atoms with Crippen molar-refractivity contribution < 1.29 is 10.2 Å². The number of phenols is 2. The van der Waals surface area contributed by atoms with Crippen LogP contribution in [0.5, 0.6) is 11.5 Å². The zero-order valence-corrected chi connectivity index (χ0v) is 8.51. The second-order valence-corrected chi connectivity index (χ2v) is 3.53. The summed E-state index contributed by atoms with van der Waals surface area (Å²) in [6.07, 6.45) is 0. The molecule has 0 heterocycles. The van der Waals surface area contributed by atoms with Gasteiger partial charge in [-0.1, -0.05) is 12.1 Å². The minimum Gasteiger partial charge on any atom is -0.504 e. The molecule has 0 spiro atoms. The maximum atomic E-state index is 9.75. The maximum absolute atomic E-state index is 9.75. The van der Waals surface area contributed by atoms with Crippen LogP contribution in [0.2, 0.25) is 0 Å². The summed E-state index contributed by atoms with van der Waals surface area (Å²) in [5.41, 5.74) is 13.1. The summed E-state index contributed by atoms with van der Waals surface area (Å²) in [7, 11) is 0. The molecule has 0 amide bonds. The predicted octanol–water partition coefficient (Wildman–Crippen LogP) is 1.93. The van der Waals surface area contributed by atoms with Gasteiger partial charge >= 0.3 is 0 Å². The summed E-state index contributed by atoms with van der Waals surface area (Å²) >= 11 is 0. The fraction of sp³-hybridized carbons (Fsp3) is 0. The molecule has 0 bridgehead atoms. The zero-order valence-electron chi connectivity index (χ0n) is 8.51. The lowest BCUT2D eigenvalue weighted by Gasteiger charge is -2.08. The van der Waals surface area contributed by atoms with Crippen molar-refractivity contribution in [1.29, 1.82) is 0 Å². The van der Waals surface area contributed by atoms with E-state index in [-0.39, 0.29) is 17.2 Å². The Morgan fingerprint density at radius 2 is 1.62 bits per heavy atom. The second-order valence-electron chi connectivity index (χ2n) is 3.53. The highest BCUT2D eigenvalue weighted by molar-refractivity contribution is 5.79. The van der Waals surface area contributed by atoms with E-state index in [1.807, 2.05) is 0 Å². The number of benzene rings is 2. The van der Waals surface area contributed by atoms with E-state index in [0.29, 0.717) is 11.3 Å². The summed E-state index contributed by atoms with van der Waals surface area (Å²) in [5.74, 6) is -0.537. The quantitative estimate of drug-likeness (QED) is 0.433. The van der Waals surface area contributed by atoms with Crippen molar-refractivity contribution >= 4 is 11.4 Å². The Morgan fingerprint density at radius 1 is 0.875 bits per heavy atom. The summed E-state index contributed by atoms with van der Waals surface area (Å²) in [5, 5.41) is 19.3. The SMILES string of the molecule is Nc1cccc(-c2ccc(N)c(O)c2O)c1. The number of phenolic OH excluding ortho intramolecular Hbond substituents is 2. The van der Waals surface area contributed by atoms with Crippen molar-refractivity contribution in [1.82, 2.24) is 0 Å². The lowest BCUT2D eigenvalue weighted by Crippen LogP contribution is -1.89. The van der Waals surface area contributed by atoms with Gasteiger partial charge in [0.2, 0.25) is 0 Å². The third kappa shape index (κ3) is 1.61. The van der Waals surface area contributed by atoms with Gasteiger partial charge in [0.15, 0.2) is 11.5 Å². The molecule has 0 aliphatic heterocycles. The van der Waals surface area contributed by atoms with E-state index in [1.165, 1.54) is 6.07 Å². The summed E-state index contributed by atoms with van der Waals surface area (Å²) in [4.78, 5) is 0. The van der Waals surface area contributed by atoms with E-state index < -0.39 is 0 Å². The monoisotopic (exact) mass is 216 g/mol. The highest BCUT2D eigenvalue weighted by Crippen LogP contribution is 2.40. The molecule has 0 saturated carbocycles. The first-order chi connectivity index (χ1) is 7.59. The van der Waals surface area contributed by atoms with E-state index in [9.17, 15) is 10.2 Å². The summed E-state index contributed by atoms with van der Waals surface area (Å²) in [6.45, 7) is 0. The van der Waals surface area contributed by atoms with Crippen molar-refractivity contribution in [3.63, 3.8) is 0 Å². The van der Waals surface area contributed by atoms with Crippen LogP contribution in [0, 0.1) is 0 Å². The second kappa shape index (κ2) is 3.66. The van der Waals surface area contributed by atoms with E-state index in [2.05, 4.69) is 0 Å². The molecule has 6 N–H and O–H groups in total. The van der Waals surface area contributed by atoms with Crippen LogP contribution in [0.15, 0.2) is 36.4 Å². The smallest absolute Gasteiger partial charge is 0.181 e. The highest BCUT2D eigenvalue weighted by atomic mass is 16.3. The van der Waals surface area contributed by atoms with Crippen molar-refractivity contribution in [2.45, 2.75) is 0 Å². The number of aromatic hydroxyl groups is 2. The van der Waals surface area contributed by atoms with Gasteiger partial charge in [-0.15, -0.1) is 0 Å². The summed E-state index contributed by atoms with van der Waals surface area (Å²) < 4.78 is 0. The van der Waals surface area contributed by atoms with E-state index in [1.54, 1.807) is 30.3 Å². The van der Waals surface area contributed by atoms with Gasteiger partial charge < -0.3 is 21.7 Å². The largest absolute Gasteiger partial charge is 0.504 e. The molecule has 4 heteroatoms. The Balaban J connectivity index is 2.61. The number of nitrogens with two attached hydrogens (primary N) is 2. The Kier molecular flexibility index (Phi) is 2.32. The third-order valence-corrected chi connectivity index (χ3v) is 2.38. The van der Waals surface area contributed by atoms with Crippen LogP contribution < -0.4 is 11.5 Å². The number of hydrogen-bond acceptors (Lipinski definition) is 4. The summed E-state index contributed by atoms with van der Waals surface area (Å²) in [6, 6.07) is 10.2. The van der Waals surface area contributed by atoms with Crippen molar-refractivity contribution in [3.05, 3.63) is 36.4 Å². The van der Waals surface area contributed by atoms with Gasteiger partial charge in [0.1, 0.15) is 0 Å². The van der Waals surface area contributed by atoms with Crippen LogP contribution in [0.1, 0.15) is 0 Å². The maximum Gasteiger partial charge on any atom is 0.181 e. The topological polar surface area (TPSA) is 92.5 Å². The molecule has 0 saturated heterocycles. The normalized spacial score (nSPS) is 10.2. The molecule has 16 heavy (non-hydrogen) atoms. The first-order valence-electron chi connectivity index (χ1n) is 4.76. The molecule has 2 aromatic rings. The molecule has 0 aliphatic rings. The first-order valence-corrected chi connectivity index (χ1v) is 4.76. The van der Waals surface area contributed by atoms with Crippen LogP contribution in [-0.4, -0.2) is 10.2 Å². The van der Waals surface area contributed by atoms with Crippen LogP contribution >= 0.6 is 0 Å². The molecule has 0 aromatic heterocycles. The van der Waals surface area contributed by atoms with Gasteiger partial charge in [0, 0.05) is 11.3 Å². The highest BCUT2D eigenvalue weighted by Gasteiger charge is 2.11. The van der Waals surface area contributed by atoms with E-state index >= 15 is 0 Å². The molecule has 2 rings (SSSR count). The van der Waals surface area contributed by atoms with Gasteiger partial charge in [-0.2, -0.15) is 0 Å². The molecular formula is C12H12N2O2. The molecule has 0 radical (unpaired) electrons. The number of rotatable bonds is 1. The molecule has 0 atom stereocenters. The Hall–Kier alpha value is -2.36. The zero-order chi connectivity index (χ0) is 11.7. The van der Waals surface area contributed by atoms with Crippen molar-refractivity contribution in [3.8, 4) is 22.6 Å². The standard InChI is InChI=1S/C12H12N2O2/c13-8-3-1-2-7(6-8)9-4-5-10(14)12(16)11(9)15/h1-6,15-16H,13-14H2. The molecule has 0 aliphatic carbocycles. The Bertz CT molecular complexity index is 539. The van der Waals surface area contributed by atoms with Crippen molar-refractivity contribution in [2.24, 2.45) is 0 Å². The molecule has 0 fully saturated rings. The Labute approximate surface area is 92.8 Å². The number of nitrogen functional groups attached to an aromatic ring is 2. The third-order valence-electron chi connectivity index (χ3n) is 2.38. The van der Waals surface area contributed by atoms with Gasteiger partial charge in [-0.25, -0.2) is 0 Å². The average molecular weight is 216 g/mol.